The molecule has 0 bridgehead atoms. The first-order chi connectivity index (χ1) is 25.2. The zero-order valence-electron chi connectivity index (χ0n) is 34.0. The van der Waals surface area contributed by atoms with Gasteiger partial charge in [0.25, 0.3) is 0 Å². The molecule has 2 aromatic rings. The summed E-state index contributed by atoms with van der Waals surface area (Å²) in [5, 5.41) is 10.2. The fraction of sp³-hybridized carbons (Fsp3) is 0.683. The van der Waals surface area contributed by atoms with Crippen molar-refractivity contribution in [3.05, 3.63) is 42.1 Å². The number of aromatic nitrogens is 1. The molecule has 3 N–H and O–H groups in total. The Balaban J connectivity index is 1.70. The van der Waals surface area contributed by atoms with Crippen molar-refractivity contribution in [1.82, 2.24) is 30.7 Å². The summed E-state index contributed by atoms with van der Waals surface area (Å²) in [7, 11) is 6.65. The standard InChI is InChI=1S/C41H66N6O6/c1-12-27(6)37(46(9)41(51)36(26(4)5)45-40(50)35(42-8)25(2)3)33(52-10)24-34(48)47-23-15-18-32(47)38(53-11)28(7)39(49)43-22-21-30-20-19-29-16-13-14-17-31(29)44-30/h13-14,16-17,19-20,25-28,32-33,35-38,42H,12,15,18,21-24H2,1-11H3,(H,43,49)(H,45,50)/t27-,28+,32-,33+,35-,36-,37-,38+/m0/s1. The smallest absolute Gasteiger partial charge is 0.245 e. The molecule has 1 aliphatic rings. The van der Waals surface area contributed by atoms with E-state index in [9.17, 15) is 19.2 Å². The normalized spacial score (nSPS) is 18.7. The van der Waals surface area contributed by atoms with Gasteiger partial charge >= 0.3 is 0 Å². The molecule has 8 atom stereocenters. The van der Waals surface area contributed by atoms with Gasteiger partial charge in [0.2, 0.25) is 23.6 Å². The molecule has 1 aliphatic heterocycles. The Bertz CT molecular complexity index is 1500. The van der Waals surface area contributed by atoms with Crippen LogP contribution >= 0.6 is 0 Å². The molecular formula is C41H66N6O6. The number of para-hydroxylation sites is 1. The van der Waals surface area contributed by atoms with E-state index in [-0.39, 0.29) is 53.8 Å². The van der Waals surface area contributed by atoms with Crippen molar-refractivity contribution in [3.63, 3.8) is 0 Å². The molecule has 12 nitrogen and oxygen atoms in total. The van der Waals surface area contributed by atoms with Crippen molar-refractivity contribution in [2.75, 3.05) is 41.4 Å². The van der Waals surface area contributed by atoms with Crippen LogP contribution in [0.4, 0.5) is 0 Å². The summed E-state index contributed by atoms with van der Waals surface area (Å²) < 4.78 is 12.0. The van der Waals surface area contributed by atoms with Crippen LogP contribution < -0.4 is 16.0 Å². The minimum absolute atomic E-state index is 0.000518. The molecule has 0 unspecified atom stereocenters. The zero-order valence-corrected chi connectivity index (χ0v) is 34.0. The fourth-order valence-corrected chi connectivity index (χ4v) is 7.77. The topological polar surface area (TPSA) is 142 Å². The summed E-state index contributed by atoms with van der Waals surface area (Å²) in [4.78, 5) is 63.1. The number of pyridine rings is 1. The summed E-state index contributed by atoms with van der Waals surface area (Å²) in [6.45, 7) is 14.7. The van der Waals surface area contributed by atoms with Crippen molar-refractivity contribution in [1.29, 1.82) is 0 Å². The number of hydrogen-bond donors (Lipinski definition) is 3. The zero-order chi connectivity index (χ0) is 39.4. The number of hydrogen-bond acceptors (Lipinski definition) is 8. The first kappa shape index (κ1) is 43.8. The summed E-state index contributed by atoms with van der Waals surface area (Å²) in [5.41, 5.74) is 1.83. The number of amides is 4. The largest absolute Gasteiger partial charge is 0.379 e. The number of fused-ring (bicyclic) bond motifs is 1. The Labute approximate surface area is 317 Å². The summed E-state index contributed by atoms with van der Waals surface area (Å²) in [6.07, 6.45) is 1.83. The minimum Gasteiger partial charge on any atom is -0.379 e. The highest BCUT2D eigenvalue weighted by molar-refractivity contribution is 5.90. The Morgan fingerprint density at radius 1 is 0.943 bits per heavy atom. The number of likely N-dealkylation sites (N-methyl/N-ethyl adjacent to an activating group) is 2. The first-order valence-electron chi connectivity index (χ1n) is 19.4. The van der Waals surface area contributed by atoms with E-state index in [1.54, 1.807) is 33.2 Å². The number of ether oxygens (including phenoxy) is 2. The van der Waals surface area contributed by atoms with E-state index in [1.807, 2.05) is 75.9 Å². The van der Waals surface area contributed by atoms with E-state index in [0.29, 0.717) is 25.9 Å². The van der Waals surface area contributed by atoms with Gasteiger partial charge in [-0.1, -0.05) is 79.2 Å². The van der Waals surface area contributed by atoms with Gasteiger partial charge in [-0.05, 0) is 49.8 Å². The van der Waals surface area contributed by atoms with Crippen LogP contribution in [-0.4, -0.2) is 116 Å². The highest BCUT2D eigenvalue weighted by Crippen LogP contribution is 2.29. The SMILES string of the molecule is CC[C@H](C)[C@@H]([C@@H](CC(=O)N1CCC[C@H]1[C@H](OC)[C@@H](C)C(=O)NCCc1ccc2ccccc2n1)OC)N(C)C(=O)[C@@H](NC(=O)[C@@H](NC)C(C)C)C(C)C. The van der Waals surface area contributed by atoms with Gasteiger partial charge in [-0.15, -0.1) is 0 Å². The second-order valence-corrected chi connectivity index (χ2v) is 15.4. The number of rotatable bonds is 20. The van der Waals surface area contributed by atoms with Crippen molar-refractivity contribution >= 4 is 34.5 Å². The molecule has 3 rings (SSSR count). The number of benzene rings is 1. The molecule has 1 saturated heterocycles. The number of methoxy groups -OCH3 is 2. The lowest BCUT2D eigenvalue weighted by atomic mass is 9.89. The Morgan fingerprint density at radius 2 is 1.62 bits per heavy atom. The summed E-state index contributed by atoms with van der Waals surface area (Å²) in [6, 6.07) is 10.1. The molecule has 53 heavy (non-hydrogen) atoms. The van der Waals surface area contributed by atoms with Crippen LogP contribution in [0, 0.1) is 23.7 Å². The lowest BCUT2D eigenvalue weighted by Crippen LogP contribution is -2.59. The van der Waals surface area contributed by atoms with E-state index in [2.05, 4.69) is 29.8 Å². The Morgan fingerprint density at radius 3 is 2.23 bits per heavy atom. The van der Waals surface area contributed by atoms with Crippen LogP contribution in [0.2, 0.25) is 0 Å². The maximum Gasteiger partial charge on any atom is 0.245 e. The summed E-state index contributed by atoms with van der Waals surface area (Å²) in [5.74, 6) is -1.30. The van der Waals surface area contributed by atoms with Gasteiger partial charge in [-0.3, -0.25) is 24.2 Å². The van der Waals surface area contributed by atoms with Crippen molar-refractivity contribution in [3.8, 4) is 0 Å². The molecule has 12 heteroatoms. The van der Waals surface area contributed by atoms with E-state index in [4.69, 9.17) is 14.5 Å². The monoisotopic (exact) mass is 739 g/mol. The third-order valence-electron chi connectivity index (χ3n) is 11.1. The number of carbonyl (C=O) groups is 4. The molecule has 0 aliphatic carbocycles. The highest BCUT2D eigenvalue weighted by atomic mass is 16.5. The lowest BCUT2D eigenvalue weighted by molar-refractivity contribution is -0.147. The molecule has 0 spiro atoms. The van der Waals surface area contributed by atoms with Crippen molar-refractivity contribution in [2.45, 2.75) is 117 Å². The predicted molar refractivity (Wildman–Crippen MR) is 209 cm³/mol. The molecule has 1 aromatic heterocycles. The lowest BCUT2D eigenvalue weighted by Gasteiger charge is -2.41. The third kappa shape index (κ3) is 11.2. The molecule has 2 heterocycles. The molecule has 1 aromatic carbocycles. The maximum absolute atomic E-state index is 14.1. The molecule has 1 fully saturated rings. The summed E-state index contributed by atoms with van der Waals surface area (Å²) >= 11 is 0. The molecular weight excluding hydrogens is 672 g/mol. The highest BCUT2D eigenvalue weighted by Gasteiger charge is 2.43. The van der Waals surface area contributed by atoms with Gasteiger partial charge in [-0.2, -0.15) is 0 Å². The molecule has 0 radical (unpaired) electrons. The minimum atomic E-state index is -0.747. The van der Waals surface area contributed by atoms with E-state index >= 15 is 0 Å². The first-order valence-corrected chi connectivity index (χ1v) is 19.4. The van der Waals surface area contributed by atoms with E-state index < -0.39 is 36.3 Å². The Hall–Kier alpha value is -3.61. The second kappa shape index (κ2) is 20.7. The van der Waals surface area contributed by atoms with Gasteiger partial charge in [0.05, 0.1) is 48.2 Å². The van der Waals surface area contributed by atoms with Crippen LogP contribution in [0.1, 0.15) is 79.8 Å². The quantitative estimate of drug-likeness (QED) is 0.184. The van der Waals surface area contributed by atoms with Crippen LogP contribution in [0.15, 0.2) is 36.4 Å². The second-order valence-electron chi connectivity index (χ2n) is 15.4. The predicted octanol–water partition coefficient (Wildman–Crippen LogP) is 4.20. The average Bonchev–Trinajstić information content (AvgIpc) is 3.62. The molecule has 296 valence electrons. The number of carbonyl (C=O) groups excluding carboxylic acids is 4. The van der Waals surface area contributed by atoms with E-state index in [1.165, 1.54) is 0 Å². The van der Waals surface area contributed by atoms with Crippen molar-refractivity contribution < 1.29 is 28.7 Å². The number of nitrogens with zero attached hydrogens (tertiary/aromatic N) is 3. The van der Waals surface area contributed by atoms with Crippen LogP contribution in [0.5, 0.6) is 0 Å². The Kier molecular flexibility index (Phi) is 17.1. The van der Waals surface area contributed by atoms with Crippen LogP contribution in [0.25, 0.3) is 10.9 Å². The van der Waals surface area contributed by atoms with Crippen LogP contribution in [0.3, 0.4) is 0 Å². The van der Waals surface area contributed by atoms with Gasteiger partial charge in [0.15, 0.2) is 0 Å². The maximum atomic E-state index is 14.1. The number of nitrogens with one attached hydrogen (secondary N) is 3. The fourth-order valence-electron chi connectivity index (χ4n) is 7.77. The molecule has 0 saturated carbocycles. The number of likely N-dealkylation sites (tertiary alicyclic amines) is 1. The van der Waals surface area contributed by atoms with Gasteiger partial charge < -0.3 is 35.2 Å². The average molecular weight is 739 g/mol. The van der Waals surface area contributed by atoms with Gasteiger partial charge in [-0.25, -0.2) is 0 Å². The molecule has 4 amide bonds. The van der Waals surface area contributed by atoms with Gasteiger partial charge in [0, 0.05) is 51.9 Å². The van der Waals surface area contributed by atoms with Gasteiger partial charge in [0.1, 0.15) is 6.04 Å². The van der Waals surface area contributed by atoms with Crippen molar-refractivity contribution in [2.24, 2.45) is 23.7 Å². The third-order valence-corrected chi connectivity index (χ3v) is 11.1. The van der Waals surface area contributed by atoms with Crippen LogP contribution in [-0.2, 0) is 35.1 Å². The van der Waals surface area contributed by atoms with E-state index in [0.717, 1.165) is 29.4 Å².